The minimum Gasteiger partial charge on any atom is -0.310 e. The lowest BCUT2D eigenvalue weighted by atomic mass is 10.0. The van der Waals surface area contributed by atoms with Crippen LogP contribution < -0.4 is 5.56 Å². The van der Waals surface area contributed by atoms with Crippen molar-refractivity contribution in [3.63, 3.8) is 0 Å². The number of hydrogen-bond donors (Lipinski definition) is 1. The smallest absolute Gasteiger partial charge is 0.258 e. The summed E-state index contributed by atoms with van der Waals surface area (Å²) in [5.74, 6) is 0.153. The first kappa shape index (κ1) is 15.3. The topological polar surface area (TPSA) is 45.8 Å². The van der Waals surface area contributed by atoms with Crippen molar-refractivity contribution < 1.29 is 4.39 Å². The van der Waals surface area contributed by atoms with Gasteiger partial charge in [-0.3, -0.25) is 4.79 Å². The fourth-order valence-electron chi connectivity index (χ4n) is 2.90. The second-order valence-corrected chi connectivity index (χ2v) is 5.88. The Morgan fingerprint density at radius 2 is 1.64 bits per heavy atom. The van der Waals surface area contributed by atoms with Crippen molar-refractivity contribution in [3.05, 3.63) is 100 Å². The molecule has 25 heavy (non-hydrogen) atoms. The monoisotopic (exact) mass is 330 g/mol. The molecule has 1 N–H and O–H groups in total. The molecule has 0 aliphatic rings. The van der Waals surface area contributed by atoms with Gasteiger partial charge in [-0.2, -0.15) is 0 Å². The highest BCUT2D eigenvalue weighted by molar-refractivity contribution is 5.83. The normalized spacial score (nSPS) is 10.9. The largest absolute Gasteiger partial charge is 0.310 e. The van der Waals surface area contributed by atoms with E-state index in [9.17, 15) is 9.18 Å². The number of H-pyrrole nitrogens is 1. The molecule has 1 heterocycles. The lowest BCUT2D eigenvalue weighted by molar-refractivity contribution is 0.612. The predicted octanol–water partition coefficient (Wildman–Crippen LogP) is 4.32. The van der Waals surface area contributed by atoms with E-state index in [4.69, 9.17) is 0 Å². The van der Waals surface area contributed by atoms with E-state index in [1.807, 2.05) is 48.5 Å². The molecular weight excluding hydrogens is 315 g/mol. The third kappa shape index (κ3) is 3.06. The summed E-state index contributed by atoms with van der Waals surface area (Å²) < 4.78 is 13.8. The van der Waals surface area contributed by atoms with Gasteiger partial charge in [0.25, 0.3) is 5.56 Å². The van der Waals surface area contributed by atoms with E-state index >= 15 is 0 Å². The van der Waals surface area contributed by atoms with Gasteiger partial charge in [-0.1, -0.05) is 54.6 Å². The minimum absolute atomic E-state index is 0.214. The Bertz CT molecular complexity index is 1100. The van der Waals surface area contributed by atoms with Crippen molar-refractivity contribution in [2.75, 3.05) is 0 Å². The van der Waals surface area contributed by atoms with Crippen molar-refractivity contribution in [2.24, 2.45) is 0 Å². The first-order valence-electron chi connectivity index (χ1n) is 8.02. The molecule has 4 rings (SSSR count). The molecule has 3 nitrogen and oxygen atoms in total. The number of aromatic amines is 1. The van der Waals surface area contributed by atoms with E-state index in [0.717, 1.165) is 11.1 Å². The molecule has 0 fully saturated rings. The zero-order valence-corrected chi connectivity index (χ0v) is 13.4. The number of aromatic nitrogens is 2. The second kappa shape index (κ2) is 6.32. The number of rotatable bonds is 3. The highest BCUT2D eigenvalue weighted by atomic mass is 19.1. The summed E-state index contributed by atoms with van der Waals surface area (Å²) in [5.41, 5.74) is 2.90. The first-order chi connectivity index (χ1) is 12.2. The van der Waals surface area contributed by atoms with Crippen molar-refractivity contribution in [1.82, 2.24) is 9.97 Å². The molecule has 1 aromatic heterocycles. The summed E-state index contributed by atoms with van der Waals surface area (Å²) in [4.78, 5) is 19.7. The molecule has 0 amide bonds. The summed E-state index contributed by atoms with van der Waals surface area (Å²) in [7, 11) is 0. The quantitative estimate of drug-likeness (QED) is 0.608. The molecule has 3 aromatic carbocycles. The number of fused-ring (bicyclic) bond motifs is 1. The van der Waals surface area contributed by atoms with Gasteiger partial charge in [-0.15, -0.1) is 0 Å². The van der Waals surface area contributed by atoms with Crippen molar-refractivity contribution in [1.29, 1.82) is 0 Å². The van der Waals surface area contributed by atoms with Gasteiger partial charge in [-0.05, 0) is 34.9 Å². The van der Waals surface area contributed by atoms with Crippen molar-refractivity contribution in [3.8, 4) is 11.1 Å². The van der Waals surface area contributed by atoms with Gasteiger partial charge in [-0.25, -0.2) is 9.37 Å². The van der Waals surface area contributed by atoms with E-state index in [0.29, 0.717) is 22.3 Å². The van der Waals surface area contributed by atoms with Crippen LogP contribution in [-0.4, -0.2) is 9.97 Å². The lowest BCUT2D eigenvalue weighted by Crippen LogP contribution is -2.12. The van der Waals surface area contributed by atoms with Crippen LogP contribution in [0.2, 0.25) is 0 Å². The molecule has 0 radical (unpaired) electrons. The first-order valence-corrected chi connectivity index (χ1v) is 8.02. The van der Waals surface area contributed by atoms with Crippen molar-refractivity contribution in [2.45, 2.75) is 6.42 Å². The molecule has 4 heteroatoms. The lowest BCUT2D eigenvalue weighted by Gasteiger charge is -2.06. The molecule has 0 aliphatic heterocycles. The van der Waals surface area contributed by atoms with Gasteiger partial charge in [0.15, 0.2) is 0 Å². The predicted molar refractivity (Wildman–Crippen MR) is 97.0 cm³/mol. The Morgan fingerprint density at radius 3 is 2.44 bits per heavy atom. The molecule has 0 saturated carbocycles. The van der Waals surface area contributed by atoms with Crippen LogP contribution in [-0.2, 0) is 6.42 Å². The van der Waals surface area contributed by atoms with Crippen LogP contribution in [0.5, 0.6) is 0 Å². The van der Waals surface area contributed by atoms with Gasteiger partial charge in [0.05, 0.1) is 10.9 Å². The molecule has 4 aromatic rings. The minimum atomic E-state index is -0.301. The molecule has 0 aliphatic carbocycles. The van der Waals surface area contributed by atoms with Crippen LogP contribution in [0.15, 0.2) is 77.6 Å². The summed E-state index contributed by atoms with van der Waals surface area (Å²) >= 11 is 0. The van der Waals surface area contributed by atoms with Gasteiger partial charge >= 0.3 is 0 Å². The Labute approximate surface area is 143 Å². The fraction of sp³-hybridized carbons (Fsp3) is 0.0476. The maximum absolute atomic E-state index is 13.8. The average Bonchev–Trinajstić information content (AvgIpc) is 2.64. The van der Waals surface area contributed by atoms with Gasteiger partial charge in [0, 0.05) is 6.42 Å². The second-order valence-electron chi connectivity index (χ2n) is 5.88. The van der Waals surface area contributed by atoms with Crippen LogP contribution in [0, 0.1) is 5.82 Å². The number of hydrogen-bond acceptors (Lipinski definition) is 2. The summed E-state index contributed by atoms with van der Waals surface area (Å²) in [5, 5.41) is 0.527. The molecular formula is C21H15FN2O. The molecule has 0 spiro atoms. The molecule has 122 valence electrons. The highest BCUT2D eigenvalue weighted by Gasteiger charge is 2.09. The van der Waals surface area contributed by atoms with Crippen LogP contribution in [0.1, 0.15) is 11.4 Å². The molecule has 0 bridgehead atoms. The number of halogens is 1. The molecule has 0 unspecified atom stereocenters. The third-order valence-corrected chi connectivity index (χ3v) is 4.18. The SMILES string of the molecule is O=c1[nH]c(Cc2ccccc2F)nc2ccc(-c3ccccc3)cc12. The average molecular weight is 330 g/mol. The standard InChI is InChI=1S/C21H15FN2O/c22-18-9-5-4-8-16(18)13-20-23-19-11-10-15(12-17(19)21(25)24-20)14-6-2-1-3-7-14/h1-12H,13H2,(H,23,24,25). The summed E-state index contributed by atoms with van der Waals surface area (Å²) in [6.45, 7) is 0. The van der Waals surface area contributed by atoms with Crippen LogP contribution in [0.3, 0.4) is 0 Å². The van der Waals surface area contributed by atoms with Crippen LogP contribution in [0.4, 0.5) is 4.39 Å². The number of nitrogens with zero attached hydrogens (tertiary/aromatic N) is 1. The van der Waals surface area contributed by atoms with Crippen LogP contribution in [0.25, 0.3) is 22.0 Å². The summed E-state index contributed by atoms with van der Waals surface area (Å²) in [6, 6.07) is 22.0. The zero-order chi connectivity index (χ0) is 17.2. The number of nitrogens with one attached hydrogen (secondary N) is 1. The van der Waals surface area contributed by atoms with E-state index in [1.165, 1.54) is 6.07 Å². The Kier molecular flexibility index (Phi) is 3.86. The van der Waals surface area contributed by atoms with E-state index in [2.05, 4.69) is 9.97 Å². The van der Waals surface area contributed by atoms with E-state index in [1.54, 1.807) is 18.2 Å². The van der Waals surface area contributed by atoms with Crippen molar-refractivity contribution >= 4 is 10.9 Å². The maximum atomic E-state index is 13.8. The Morgan fingerprint density at radius 1 is 0.880 bits per heavy atom. The maximum Gasteiger partial charge on any atom is 0.258 e. The van der Waals surface area contributed by atoms with Crippen LogP contribution >= 0.6 is 0 Å². The van der Waals surface area contributed by atoms with E-state index < -0.39 is 0 Å². The Balaban J connectivity index is 1.76. The fourth-order valence-corrected chi connectivity index (χ4v) is 2.90. The number of benzene rings is 3. The third-order valence-electron chi connectivity index (χ3n) is 4.18. The van der Waals surface area contributed by atoms with Gasteiger partial charge < -0.3 is 4.98 Å². The Hall–Kier alpha value is -3.27. The molecule has 0 saturated heterocycles. The van der Waals surface area contributed by atoms with E-state index in [-0.39, 0.29) is 17.8 Å². The molecule has 0 atom stereocenters. The van der Waals surface area contributed by atoms with Gasteiger partial charge in [0.1, 0.15) is 11.6 Å². The zero-order valence-electron chi connectivity index (χ0n) is 13.4. The highest BCUT2D eigenvalue weighted by Crippen LogP contribution is 2.22. The van der Waals surface area contributed by atoms with Gasteiger partial charge in [0.2, 0.25) is 0 Å². The summed E-state index contributed by atoms with van der Waals surface area (Å²) in [6.07, 6.45) is 0.248.